The van der Waals surface area contributed by atoms with E-state index in [-0.39, 0.29) is 0 Å². The molecule has 0 aliphatic heterocycles. The highest BCUT2D eigenvalue weighted by Crippen LogP contribution is 2.32. The van der Waals surface area contributed by atoms with E-state index >= 15 is 0 Å². The van der Waals surface area contributed by atoms with Gasteiger partial charge in [0.2, 0.25) is 0 Å². The summed E-state index contributed by atoms with van der Waals surface area (Å²) in [7, 11) is 0. The van der Waals surface area contributed by atoms with Crippen LogP contribution in [0.15, 0.2) is 34.3 Å². The van der Waals surface area contributed by atoms with Crippen molar-refractivity contribution in [3.8, 4) is 0 Å². The molecule has 1 aromatic carbocycles. The second-order valence-electron chi connectivity index (χ2n) is 3.76. The smallest absolute Gasteiger partial charge is 0.0627 e. The molecule has 0 unspecified atom stereocenters. The maximum atomic E-state index is 3.95. The average Bonchev–Trinajstić information content (AvgIpc) is 2.63. The van der Waals surface area contributed by atoms with Gasteiger partial charge in [-0.3, -0.25) is 5.10 Å². The standard InChI is InChI=1S/C12H14N2S/c1-8-4-9(2)12(10(3)5-8)15-11-6-13-14-7-11/h4-7H,1-3H3,(H,13,14). The maximum Gasteiger partial charge on any atom is 0.0627 e. The van der Waals surface area contributed by atoms with Gasteiger partial charge < -0.3 is 0 Å². The first kappa shape index (κ1) is 10.3. The highest BCUT2D eigenvalue weighted by Gasteiger charge is 2.06. The molecule has 0 aliphatic rings. The molecule has 0 bridgehead atoms. The van der Waals surface area contributed by atoms with E-state index in [0.717, 1.165) is 4.90 Å². The van der Waals surface area contributed by atoms with Gasteiger partial charge in [-0.1, -0.05) is 29.5 Å². The van der Waals surface area contributed by atoms with E-state index in [9.17, 15) is 0 Å². The summed E-state index contributed by atoms with van der Waals surface area (Å²) in [6.45, 7) is 6.44. The molecule has 0 amide bonds. The Hall–Kier alpha value is -1.22. The second kappa shape index (κ2) is 4.11. The van der Waals surface area contributed by atoms with Gasteiger partial charge in [0.05, 0.1) is 6.20 Å². The molecular formula is C12H14N2S. The van der Waals surface area contributed by atoms with Crippen LogP contribution < -0.4 is 0 Å². The van der Waals surface area contributed by atoms with Gasteiger partial charge in [-0.25, -0.2) is 0 Å². The molecule has 2 aromatic rings. The van der Waals surface area contributed by atoms with Gasteiger partial charge in [-0.2, -0.15) is 5.10 Å². The third-order valence-corrected chi connectivity index (χ3v) is 3.60. The highest BCUT2D eigenvalue weighted by atomic mass is 32.2. The maximum absolute atomic E-state index is 3.95. The number of aromatic amines is 1. The van der Waals surface area contributed by atoms with Crippen LogP contribution in [0.2, 0.25) is 0 Å². The zero-order valence-electron chi connectivity index (χ0n) is 9.16. The number of hydrogen-bond acceptors (Lipinski definition) is 2. The van der Waals surface area contributed by atoms with Gasteiger partial charge in [-0.15, -0.1) is 0 Å². The van der Waals surface area contributed by atoms with Crippen molar-refractivity contribution in [2.45, 2.75) is 30.6 Å². The molecule has 0 fully saturated rings. The van der Waals surface area contributed by atoms with Crippen LogP contribution in [0.25, 0.3) is 0 Å². The zero-order valence-corrected chi connectivity index (χ0v) is 9.98. The van der Waals surface area contributed by atoms with E-state index in [1.54, 1.807) is 11.8 Å². The van der Waals surface area contributed by atoms with Crippen molar-refractivity contribution < 1.29 is 0 Å². The van der Waals surface area contributed by atoms with Crippen LogP contribution in [0.5, 0.6) is 0 Å². The minimum atomic E-state index is 1.16. The first-order valence-electron chi connectivity index (χ1n) is 4.91. The first-order chi connectivity index (χ1) is 7.16. The van der Waals surface area contributed by atoms with Crippen LogP contribution in [0, 0.1) is 20.8 Å². The summed E-state index contributed by atoms with van der Waals surface area (Å²) in [5.41, 5.74) is 3.99. The number of benzene rings is 1. The Kier molecular flexibility index (Phi) is 2.82. The lowest BCUT2D eigenvalue weighted by molar-refractivity contribution is 1.09. The minimum absolute atomic E-state index is 1.16. The summed E-state index contributed by atoms with van der Waals surface area (Å²) in [5, 5.41) is 6.78. The largest absolute Gasteiger partial charge is 0.285 e. The van der Waals surface area contributed by atoms with Crippen molar-refractivity contribution in [1.29, 1.82) is 0 Å². The van der Waals surface area contributed by atoms with Gasteiger partial charge in [0.15, 0.2) is 0 Å². The van der Waals surface area contributed by atoms with Gasteiger partial charge in [-0.05, 0) is 31.9 Å². The van der Waals surface area contributed by atoms with Crippen LogP contribution in [-0.2, 0) is 0 Å². The molecule has 0 saturated carbocycles. The van der Waals surface area contributed by atoms with Crippen LogP contribution in [-0.4, -0.2) is 10.2 Å². The minimum Gasteiger partial charge on any atom is -0.285 e. The topological polar surface area (TPSA) is 28.7 Å². The molecule has 2 nitrogen and oxygen atoms in total. The quantitative estimate of drug-likeness (QED) is 0.836. The number of rotatable bonds is 2. The van der Waals surface area contributed by atoms with Crippen molar-refractivity contribution >= 4 is 11.8 Å². The molecule has 0 atom stereocenters. The molecule has 1 heterocycles. The molecular weight excluding hydrogens is 204 g/mol. The monoisotopic (exact) mass is 218 g/mol. The zero-order chi connectivity index (χ0) is 10.8. The number of nitrogens with one attached hydrogen (secondary N) is 1. The average molecular weight is 218 g/mol. The lowest BCUT2D eigenvalue weighted by Gasteiger charge is -2.09. The number of aromatic nitrogens is 2. The molecule has 1 N–H and O–H groups in total. The fourth-order valence-electron chi connectivity index (χ4n) is 1.74. The van der Waals surface area contributed by atoms with Crippen molar-refractivity contribution in [2.24, 2.45) is 0 Å². The third-order valence-electron chi connectivity index (χ3n) is 2.30. The van der Waals surface area contributed by atoms with Crippen LogP contribution in [0.1, 0.15) is 16.7 Å². The molecule has 0 radical (unpaired) electrons. The Morgan fingerprint density at radius 3 is 2.33 bits per heavy atom. The molecule has 0 spiro atoms. The molecule has 2 rings (SSSR count). The van der Waals surface area contributed by atoms with Gasteiger partial charge in [0, 0.05) is 16.0 Å². The predicted molar refractivity (Wildman–Crippen MR) is 63.4 cm³/mol. The van der Waals surface area contributed by atoms with E-state index in [1.165, 1.54) is 21.6 Å². The Labute approximate surface area is 94.1 Å². The summed E-state index contributed by atoms with van der Waals surface area (Å²) >= 11 is 1.76. The third kappa shape index (κ3) is 2.23. The SMILES string of the molecule is Cc1cc(C)c(Sc2cn[nH]c2)c(C)c1. The Balaban J connectivity index is 2.36. The molecule has 15 heavy (non-hydrogen) atoms. The summed E-state index contributed by atoms with van der Waals surface area (Å²) < 4.78 is 0. The highest BCUT2D eigenvalue weighted by molar-refractivity contribution is 7.99. The second-order valence-corrected chi connectivity index (χ2v) is 4.85. The van der Waals surface area contributed by atoms with E-state index in [1.807, 2.05) is 12.4 Å². The Morgan fingerprint density at radius 1 is 1.13 bits per heavy atom. The van der Waals surface area contributed by atoms with Crippen molar-refractivity contribution in [1.82, 2.24) is 10.2 Å². The van der Waals surface area contributed by atoms with E-state index in [4.69, 9.17) is 0 Å². The van der Waals surface area contributed by atoms with Crippen LogP contribution in [0.4, 0.5) is 0 Å². The Morgan fingerprint density at radius 2 is 1.80 bits per heavy atom. The number of hydrogen-bond donors (Lipinski definition) is 1. The molecule has 3 heteroatoms. The normalized spacial score (nSPS) is 10.6. The summed E-state index contributed by atoms with van der Waals surface area (Å²) in [6, 6.07) is 4.44. The van der Waals surface area contributed by atoms with E-state index < -0.39 is 0 Å². The van der Waals surface area contributed by atoms with Gasteiger partial charge in [0.1, 0.15) is 0 Å². The fraction of sp³-hybridized carbons (Fsp3) is 0.250. The fourth-order valence-corrected chi connectivity index (χ4v) is 2.63. The van der Waals surface area contributed by atoms with Gasteiger partial charge in [0.25, 0.3) is 0 Å². The van der Waals surface area contributed by atoms with E-state index in [2.05, 4.69) is 43.1 Å². The van der Waals surface area contributed by atoms with Gasteiger partial charge >= 0.3 is 0 Å². The van der Waals surface area contributed by atoms with Crippen molar-refractivity contribution in [2.75, 3.05) is 0 Å². The number of nitrogens with zero attached hydrogens (tertiary/aromatic N) is 1. The summed E-state index contributed by atoms with van der Waals surface area (Å²) in [5.74, 6) is 0. The van der Waals surface area contributed by atoms with Crippen LogP contribution in [0.3, 0.4) is 0 Å². The van der Waals surface area contributed by atoms with Crippen molar-refractivity contribution in [3.63, 3.8) is 0 Å². The number of aryl methyl sites for hydroxylation is 3. The Bertz CT molecular complexity index is 437. The summed E-state index contributed by atoms with van der Waals surface area (Å²) in [6.07, 6.45) is 3.77. The van der Waals surface area contributed by atoms with E-state index in [0.29, 0.717) is 0 Å². The lowest BCUT2D eigenvalue weighted by atomic mass is 10.1. The molecule has 0 aliphatic carbocycles. The summed E-state index contributed by atoms with van der Waals surface area (Å²) in [4.78, 5) is 2.49. The molecule has 1 aromatic heterocycles. The van der Waals surface area contributed by atoms with Crippen LogP contribution >= 0.6 is 11.8 Å². The predicted octanol–water partition coefficient (Wildman–Crippen LogP) is 3.49. The lowest BCUT2D eigenvalue weighted by Crippen LogP contribution is -1.87. The van der Waals surface area contributed by atoms with Crippen molar-refractivity contribution in [3.05, 3.63) is 41.2 Å². The first-order valence-corrected chi connectivity index (χ1v) is 5.73. The molecule has 78 valence electrons. The number of H-pyrrole nitrogens is 1. The molecule has 0 saturated heterocycles.